The fourth-order valence-electron chi connectivity index (χ4n) is 4.70. The summed E-state index contributed by atoms with van der Waals surface area (Å²) in [6, 6.07) is 10.3. The second kappa shape index (κ2) is 10.9. The molecule has 2 aromatic carbocycles. The average Bonchev–Trinajstić information content (AvgIpc) is 3.27. The maximum absolute atomic E-state index is 13.9. The van der Waals surface area contributed by atoms with E-state index in [0.29, 0.717) is 53.8 Å². The van der Waals surface area contributed by atoms with E-state index in [1.54, 1.807) is 31.1 Å². The van der Waals surface area contributed by atoms with Crippen LogP contribution < -0.4 is 19.1 Å². The van der Waals surface area contributed by atoms with Crippen molar-refractivity contribution in [2.75, 3.05) is 53.1 Å². The lowest BCUT2D eigenvalue weighted by Crippen LogP contribution is -2.50. The predicted molar refractivity (Wildman–Crippen MR) is 133 cm³/mol. The molecule has 0 saturated carbocycles. The number of aromatic nitrogens is 2. The van der Waals surface area contributed by atoms with Crippen LogP contribution in [0, 0.1) is 5.92 Å². The number of anilines is 1. The second-order valence-electron chi connectivity index (χ2n) is 8.24. The Morgan fingerprint density at radius 1 is 1.03 bits per heavy atom. The van der Waals surface area contributed by atoms with Crippen molar-refractivity contribution in [3.8, 4) is 17.2 Å². The third-order valence-electron chi connectivity index (χ3n) is 6.24. The van der Waals surface area contributed by atoms with Gasteiger partial charge in [-0.1, -0.05) is 12.1 Å². The predicted octanol–water partition coefficient (Wildman–Crippen LogP) is 3.21. The molecule has 0 spiro atoms. The molecule has 1 amide bonds. The third kappa shape index (κ3) is 4.32. The lowest BCUT2D eigenvalue weighted by molar-refractivity contribution is -0.153. The van der Waals surface area contributed by atoms with Gasteiger partial charge in [0.2, 0.25) is 17.6 Å². The highest BCUT2D eigenvalue weighted by Gasteiger charge is 2.48. The molecule has 0 unspecified atom stereocenters. The van der Waals surface area contributed by atoms with Gasteiger partial charge >= 0.3 is 5.97 Å². The molecule has 0 bridgehead atoms. The van der Waals surface area contributed by atoms with Gasteiger partial charge in [-0.05, 0) is 43.2 Å². The van der Waals surface area contributed by atoms with Crippen LogP contribution in [0.25, 0.3) is 11.0 Å². The molecule has 0 N–H and O–H groups in total. The Hall–Kier alpha value is -3.79. The Bertz CT molecular complexity index is 1230. The van der Waals surface area contributed by atoms with Gasteiger partial charge in [0.05, 0.1) is 45.0 Å². The first-order valence-corrected chi connectivity index (χ1v) is 11.7. The maximum atomic E-state index is 13.9. The summed E-state index contributed by atoms with van der Waals surface area (Å²) >= 11 is 0. The first-order valence-electron chi connectivity index (χ1n) is 11.7. The molecular weight excluding hydrogens is 466 g/mol. The summed E-state index contributed by atoms with van der Waals surface area (Å²) in [5.41, 5.74) is 2.11. The molecule has 0 fully saturated rings. The first-order chi connectivity index (χ1) is 17.5. The van der Waals surface area contributed by atoms with Gasteiger partial charge in [0.1, 0.15) is 0 Å². The smallest absolute Gasteiger partial charge is 0.321 e. The molecule has 192 valence electrons. The lowest BCUT2D eigenvalue weighted by atomic mass is 9.89. The van der Waals surface area contributed by atoms with Crippen LogP contribution >= 0.6 is 0 Å². The molecule has 10 nitrogen and oxygen atoms in total. The van der Waals surface area contributed by atoms with Crippen LogP contribution in [0.2, 0.25) is 0 Å². The number of benzene rings is 2. The highest BCUT2D eigenvalue weighted by atomic mass is 16.5. The number of rotatable bonds is 10. The number of amides is 1. The number of hydrogen-bond acceptors (Lipinski definition) is 8. The summed E-state index contributed by atoms with van der Waals surface area (Å²) in [6.45, 7) is 2.66. The number of nitrogens with zero attached hydrogens (tertiary/aromatic N) is 3. The third-order valence-corrected chi connectivity index (χ3v) is 6.24. The summed E-state index contributed by atoms with van der Waals surface area (Å²) < 4.78 is 29.1. The van der Waals surface area contributed by atoms with E-state index in [2.05, 4.69) is 0 Å². The number of carbonyl (C=O) groups excluding carboxylic acids is 2. The molecule has 2 heterocycles. The van der Waals surface area contributed by atoms with Gasteiger partial charge in [0.15, 0.2) is 17.4 Å². The van der Waals surface area contributed by atoms with Crippen molar-refractivity contribution in [2.24, 2.45) is 5.92 Å². The molecule has 3 aromatic rings. The highest BCUT2D eigenvalue weighted by Crippen LogP contribution is 2.46. The average molecular weight is 498 g/mol. The van der Waals surface area contributed by atoms with E-state index in [0.717, 1.165) is 5.52 Å². The molecule has 0 saturated heterocycles. The zero-order valence-corrected chi connectivity index (χ0v) is 21.1. The molecule has 1 aliphatic heterocycles. The number of ether oxygens (including phenoxy) is 5. The molecule has 2 atom stereocenters. The second-order valence-corrected chi connectivity index (χ2v) is 8.24. The maximum Gasteiger partial charge on any atom is 0.321 e. The molecule has 1 aliphatic rings. The molecular formula is C26H31N3O7. The Balaban J connectivity index is 2.00. The molecule has 0 radical (unpaired) electrons. The standard InChI is InChI=1S/C26H31N3O7/c1-6-36-25(31)21-22(16-14-19(33-3)23(35-5)20(15-16)34-4)29-18-11-8-7-10-17(18)27-26(29)28(24(21)30)12-9-13-32-2/h7-8,10-11,14-15,21-22H,6,9,12-13H2,1-5H3/t21-,22+/m1/s1. The van der Waals surface area contributed by atoms with E-state index in [1.807, 2.05) is 28.8 Å². The van der Waals surface area contributed by atoms with Crippen molar-refractivity contribution in [1.82, 2.24) is 9.55 Å². The Labute approximate surface area is 209 Å². The Kier molecular flexibility index (Phi) is 7.64. The van der Waals surface area contributed by atoms with Crippen LogP contribution in [-0.2, 0) is 19.1 Å². The van der Waals surface area contributed by atoms with E-state index in [1.165, 1.54) is 21.3 Å². The van der Waals surface area contributed by atoms with E-state index < -0.39 is 17.9 Å². The van der Waals surface area contributed by atoms with Crippen LogP contribution in [0.1, 0.15) is 24.9 Å². The number of methoxy groups -OCH3 is 4. The summed E-state index contributed by atoms with van der Waals surface area (Å²) in [6.07, 6.45) is 0.579. The topological polar surface area (TPSA) is 101 Å². The lowest BCUT2D eigenvalue weighted by Gasteiger charge is -2.38. The zero-order valence-electron chi connectivity index (χ0n) is 21.1. The minimum atomic E-state index is -1.15. The molecule has 0 aliphatic carbocycles. The van der Waals surface area contributed by atoms with Crippen LogP contribution in [0.4, 0.5) is 5.95 Å². The highest BCUT2D eigenvalue weighted by molar-refractivity contribution is 6.08. The summed E-state index contributed by atoms with van der Waals surface area (Å²) in [5.74, 6) is -0.453. The van der Waals surface area contributed by atoms with Gasteiger partial charge in [0, 0.05) is 20.3 Å². The minimum absolute atomic E-state index is 0.145. The number of imidazole rings is 1. The minimum Gasteiger partial charge on any atom is -0.493 e. The SMILES string of the molecule is CCOC(=O)[C@H]1C(=O)N(CCCOC)c2nc3ccccc3n2[C@H]1c1cc(OC)c(OC)c(OC)c1. The van der Waals surface area contributed by atoms with Gasteiger partial charge in [-0.25, -0.2) is 4.98 Å². The van der Waals surface area contributed by atoms with E-state index in [-0.39, 0.29) is 12.5 Å². The fraction of sp³-hybridized carbons (Fsp3) is 0.423. The Morgan fingerprint density at radius 3 is 2.33 bits per heavy atom. The van der Waals surface area contributed by atoms with Crippen LogP contribution in [-0.4, -0.2) is 69.6 Å². The molecule has 36 heavy (non-hydrogen) atoms. The van der Waals surface area contributed by atoms with Crippen LogP contribution in [0.3, 0.4) is 0 Å². The molecule has 10 heteroatoms. The van der Waals surface area contributed by atoms with E-state index in [4.69, 9.17) is 28.7 Å². The quantitative estimate of drug-likeness (QED) is 0.239. The van der Waals surface area contributed by atoms with Crippen molar-refractivity contribution in [1.29, 1.82) is 0 Å². The number of para-hydroxylation sites is 2. The molecule has 1 aromatic heterocycles. The normalized spacial score (nSPS) is 17.1. The monoisotopic (exact) mass is 497 g/mol. The van der Waals surface area contributed by atoms with Crippen molar-refractivity contribution in [3.63, 3.8) is 0 Å². The fourth-order valence-corrected chi connectivity index (χ4v) is 4.70. The number of hydrogen-bond donors (Lipinski definition) is 0. The van der Waals surface area contributed by atoms with Crippen molar-refractivity contribution in [3.05, 3.63) is 42.0 Å². The van der Waals surface area contributed by atoms with Gasteiger partial charge in [-0.2, -0.15) is 0 Å². The summed E-state index contributed by atoms with van der Waals surface area (Å²) in [4.78, 5) is 33.6. The van der Waals surface area contributed by atoms with Gasteiger partial charge in [0.25, 0.3) is 0 Å². The van der Waals surface area contributed by atoms with E-state index >= 15 is 0 Å². The van der Waals surface area contributed by atoms with Gasteiger partial charge < -0.3 is 28.3 Å². The van der Waals surface area contributed by atoms with Crippen LogP contribution in [0.15, 0.2) is 36.4 Å². The first kappa shape index (κ1) is 25.3. The largest absolute Gasteiger partial charge is 0.493 e. The summed E-state index contributed by atoms with van der Waals surface area (Å²) in [5, 5.41) is 0. The number of esters is 1. The van der Waals surface area contributed by atoms with Gasteiger partial charge in [-0.3, -0.25) is 14.5 Å². The van der Waals surface area contributed by atoms with Crippen molar-refractivity contribution >= 4 is 28.9 Å². The number of carbonyl (C=O) groups is 2. The zero-order chi connectivity index (χ0) is 25.8. The van der Waals surface area contributed by atoms with Crippen molar-refractivity contribution in [2.45, 2.75) is 19.4 Å². The Morgan fingerprint density at radius 2 is 1.72 bits per heavy atom. The van der Waals surface area contributed by atoms with Gasteiger partial charge in [-0.15, -0.1) is 0 Å². The van der Waals surface area contributed by atoms with Crippen LogP contribution in [0.5, 0.6) is 17.2 Å². The molecule has 4 rings (SSSR count). The van der Waals surface area contributed by atoms with E-state index in [9.17, 15) is 9.59 Å². The number of fused-ring (bicyclic) bond motifs is 3. The van der Waals surface area contributed by atoms with Crippen molar-refractivity contribution < 1.29 is 33.3 Å². The summed E-state index contributed by atoms with van der Waals surface area (Å²) in [7, 11) is 6.16.